The number of hydrogen-bond acceptors (Lipinski definition) is 6. The van der Waals surface area contributed by atoms with Gasteiger partial charge >= 0.3 is 0 Å². The second-order valence-corrected chi connectivity index (χ2v) is 7.85. The van der Waals surface area contributed by atoms with E-state index >= 15 is 0 Å². The number of carbonyl (C=O) groups excluding carboxylic acids is 1. The smallest absolute Gasteiger partial charge is 0.232 e. The van der Waals surface area contributed by atoms with Crippen LogP contribution in [-0.2, 0) is 4.79 Å². The lowest BCUT2D eigenvalue weighted by molar-refractivity contribution is -0.121. The summed E-state index contributed by atoms with van der Waals surface area (Å²) >= 11 is 0. The molecule has 1 amide bonds. The van der Waals surface area contributed by atoms with E-state index in [1.54, 1.807) is 18.9 Å². The summed E-state index contributed by atoms with van der Waals surface area (Å²) in [5.41, 5.74) is 3.80. The van der Waals surface area contributed by atoms with Crippen molar-refractivity contribution in [2.24, 2.45) is 5.92 Å². The first-order chi connectivity index (χ1) is 14.9. The lowest BCUT2D eigenvalue weighted by Gasteiger charge is -2.37. The molecule has 0 fully saturated rings. The topological polar surface area (TPSA) is 90.3 Å². The number of benzene rings is 2. The fourth-order valence-electron chi connectivity index (χ4n) is 4.20. The fraction of sp³-hybridized carbons (Fsp3) is 0.348. The number of ether oxygens (including phenoxy) is 2. The van der Waals surface area contributed by atoms with Crippen molar-refractivity contribution in [3.05, 3.63) is 59.4 Å². The molecule has 1 aliphatic heterocycles. The monoisotopic (exact) mass is 421 g/mol. The lowest BCUT2D eigenvalue weighted by Crippen LogP contribution is -2.46. The zero-order valence-electron chi connectivity index (χ0n) is 18.3. The molecule has 0 saturated heterocycles. The molecule has 3 atom stereocenters. The molecule has 162 valence electrons. The maximum atomic E-state index is 13.6. The van der Waals surface area contributed by atoms with E-state index in [1.165, 1.54) is 6.33 Å². The van der Waals surface area contributed by atoms with Gasteiger partial charge < -0.3 is 20.1 Å². The molecule has 0 aliphatic carbocycles. The maximum Gasteiger partial charge on any atom is 0.232 e. The molecule has 1 aromatic heterocycles. The van der Waals surface area contributed by atoms with Crippen molar-refractivity contribution < 1.29 is 14.3 Å². The molecular formula is C23H27N5O3. The van der Waals surface area contributed by atoms with Gasteiger partial charge in [0.1, 0.15) is 17.8 Å². The minimum absolute atomic E-state index is 0.101. The summed E-state index contributed by atoms with van der Waals surface area (Å²) < 4.78 is 12.7. The first-order valence-corrected chi connectivity index (χ1v) is 10.2. The van der Waals surface area contributed by atoms with Gasteiger partial charge in [0.15, 0.2) is 0 Å². The Bertz CT molecular complexity index is 1110. The van der Waals surface area contributed by atoms with E-state index < -0.39 is 12.0 Å². The van der Waals surface area contributed by atoms with E-state index in [0.717, 1.165) is 22.4 Å². The molecule has 8 heteroatoms. The van der Waals surface area contributed by atoms with Gasteiger partial charge in [0, 0.05) is 23.4 Å². The van der Waals surface area contributed by atoms with E-state index in [0.29, 0.717) is 17.4 Å². The Kier molecular flexibility index (Phi) is 5.54. The van der Waals surface area contributed by atoms with E-state index in [-0.39, 0.29) is 11.9 Å². The molecule has 0 radical (unpaired) electrons. The van der Waals surface area contributed by atoms with Gasteiger partial charge in [0.25, 0.3) is 0 Å². The van der Waals surface area contributed by atoms with Crippen molar-refractivity contribution in [3.63, 3.8) is 0 Å². The first-order valence-electron chi connectivity index (χ1n) is 10.2. The number of fused-ring (bicyclic) bond motifs is 1. The number of aryl methyl sites for hydroxylation is 2. The molecule has 2 N–H and O–H groups in total. The van der Waals surface area contributed by atoms with Gasteiger partial charge in [-0.25, -0.2) is 4.68 Å². The Hall–Kier alpha value is -3.55. The molecule has 1 aliphatic rings. The fourth-order valence-corrected chi connectivity index (χ4v) is 4.20. The van der Waals surface area contributed by atoms with E-state index in [9.17, 15) is 4.79 Å². The second-order valence-electron chi connectivity index (χ2n) is 7.85. The molecule has 0 saturated carbocycles. The van der Waals surface area contributed by atoms with Crippen LogP contribution in [0.25, 0.3) is 0 Å². The van der Waals surface area contributed by atoms with Crippen molar-refractivity contribution >= 4 is 17.5 Å². The quantitative estimate of drug-likeness (QED) is 0.655. The summed E-state index contributed by atoms with van der Waals surface area (Å²) in [5, 5.41) is 10.8. The zero-order valence-corrected chi connectivity index (χ0v) is 18.3. The Morgan fingerprint density at radius 3 is 2.65 bits per heavy atom. The van der Waals surface area contributed by atoms with E-state index in [1.807, 2.05) is 51.1 Å². The molecule has 2 heterocycles. The number of anilines is 2. The van der Waals surface area contributed by atoms with Crippen molar-refractivity contribution in [1.82, 2.24) is 14.8 Å². The Balaban J connectivity index is 1.77. The van der Waals surface area contributed by atoms with Crippen LogP contribution in [0.4, 0.5) is 11.6 Å². The summed E-state index contributed by atoms with van der Waals surface area (Å²) in [4.78, 5) is 17.9. The van der Waals surface area contributed by atoms with Crippen LogP contribution in [0.15, 0.2) is 42.7 Å². The average molecular weight is 422 g/mol. The highest BCUT2D eigenvalue weighted by Crippen LogP contribution is 2.41. The van der Waals surface area contributed by atoms with Gasteiger partial charge in [-0.2, -0.15) is 10.1 Å². The number of aromatic nitrogens is 3. The summed E-state index contributed by atoms with van der Waals surface area (Å²) in [6.45, 7) is 6.00. The SMILES string of the molecule is COc1ccc([C@@H]2[C@H](C(=O)Nc3ccc(C)cc3C)[C@H](C)Nc3ncnn32)c(OC)c1. The molecule has 0 bridgehead atoms. The Morgan fingerprint density at radius 2 is 1.94 bits per heavy atom. The number of amides is 1. The highest BCUT2D eigenvalue weighted by molar-refractivity contribution is 5.95. The second kappa shape index (κ2) is 8.29. The number of nitrogens with zero attached hydrogens (tertiary/aromatic N) is 3. The third kappa shape index (κ3) is 3.81. The Morgan fingerprint density at radius 1 is 1.13 bits per heavy atom. The minimum atomic E-state index is -0.461. The van der Waals surface area contributed by atoms with Crippen LogP contribution in [0.1, 0.15) is 29.7 Å². The molecule has 4 rings (SSSR count). The third-order valence-electron chi connectivity index (χ3n) is 5.77. The van der Waals surface area contributed by atoms with Crippen molar-refractivity contribution in [2.75, 3.05) is 24.9 Å². The predicted octanol–water partition coefficient (Wildman–Crippen LogP) is 3.57. The number of carbonyl (C=O) groups is 1. The van der Waals surface area contributed by atoms with Gasteiger partial charge in [0.2, 0.25) is 11.9 Å². The molecule has 31 heavy (non-hydrogen) atoms. The number of nitrogens with one attached hydrogen (secondary N) is 2. The van der Waals surface area contributed by atoms with Gasteiger partial charge in [-0.3, -0.25) is 4.79 Å². The normalized spacial score (nSPS) is 19.8. The van der Waals surface area contributed by atoms with Crippen LogP contribution in [0.5, 0.6) is 11.5 Å². The van der Waals surface area contributed by atoms with Crippen molar-refractivity contribution in [3.8, 4) is 11.5 Å². The van der Waals surface area contributed by atoms with Gasteiger partial charge in [-0.15, -0.1) is 0 Å². The van der Waals surface area contributed by atoms with Crippen LogP contribution in [0.3, 0.4) is 0 Å². The highest BCUT2D eigenvalue weighted by Gasteiger charge is 2.42. The van der Waals surface area contributed by atoms with Gasteiger partial charge in [-0.05, 0) is 44.5 Å². The highest BCUT2D eigenvalue weighted by atomic mass is 16.5. The van der Waals surface area contributed by atoms with Crippen LogP contribution < -0.4 is 20.1 Å². The van der Waals surface area contributed by atoms with E-state index in [4.69, 9.17) is 9.47 Å². The largest absolute Gasteiger partial charge is 0.497 e. The zero-order chi connectivity index (χ0) is 22.1. The molecular weight excluding hydrogens is 394 g/mol. The summed E-state index contributed by atoms with van der Waals surface area (Å²) in [5.74, 6) is 1.36. The molecule has 2 aromatic carbocycles. The summed E-state index contributed by atoms with van der Waals surface area (Å²) in [6, 6.07) is 11.0. The van der Waals surface area contributed by atoms with Crippen molar-refractivity contribution in [1.29, 1.82) is 0 Å². The molecule has 8 nitrogen and oxygen atoms in total. The lowest BCUT2D eigenvalue weighted by atomic mass is 9.85. The molecule has 3 aromatic rings. The summed E-state index contributed by atoms with van der Waals surface area (Å²) in [6.07, 6.45) is 1.49. The standard InChI is InChI=1S/C23H27N5O3/c1-13-6-9-18(14(2)10-13)27-22(29)20-15(3)26-23-24-12-25-28(23)21(20)17-8-7-16(30-4)11-19(17)31-5/h6-12,15,20-21H,1-5H3,(H,27,29)(H,24,25,26)/t15-,20+,21+/m0/s1. The minimum Gasteiger partial charge on any atom is -0.497 e. The van der Waals surface area contributed by atoms with Crippen LogP contribution >= 0.6 is 0 Å². The van der Waals surface area contributed by atoms with Crippen LogP contribution in [-0.4, -0.2) is 40.9 Å². The van der Waals surface area contributed by atoms with E-state index in [2.05, 4.69) is 26.8 Å². The predicted molar refractivity (Wildman–Crippen MR) is 119 cm³/mol. The third-order valence-corrected chi connectivity index (χ3v) is 5.77. The average Bonchev–Trinajstić information content (AvgIpc) is 3.22. The molecule has 0 spiro atoms. The number of rotatable bonds is 5. The van der Waals surface area contributed by atoms with Crippen molar-refractivity contribution in [2.45, 2.75) is 32.9 Å². The summed E-state index contributed by atoms with van der Waals surface area (Å²) in [7, 11) is 3.21. The molecule has 0 unspecified atom stereocenters. The Labute approximate surface area is 181 Å². The van der Waals surface area contributed by atoms with Gasteiger partial charge in [-0.1, -0.05) is 17.7 Å². The van der Waals surface area contributed by atoms with Crippen LogP contribution in [0.2, 0.25) is 0 Å². The maximum absolute atomic E-state index is 13.6. The number of hydrogen-bond donors (Lipinski definition) is 2. The van der Waals surface area contributed by atoms with Gasteiger partial charge in [0.05, 0.1) is 26.2 Å². The number of methoxy groups -OCH3 is 2. The first kappa shape index (κ1) is 20.7. The van der Waals surface area contributed by atoms with Crippen LogP contribution in [0, 0.1) is 19.8 Å².